The molecule has 14 heteroatoms. The number of benzene rings is 1. The Balaban J connectivity index is 2.10. The maximum atomic E-state index is 12.5. The highest BCUT2D eigenvalue weighted by Crippen LogP contribution is 2.42. The predicted octanol–water partition coefficient (Wildman–Crippen LogP) is 4.05. The minimum absolute atomic E-state index is 0.103. The van der Waals surface area contributed by atoms with E-state index in [-0.39, 0.29) is 24.5 Å². The molecule has 1 aromatic heterocycles. The molecule has 2 aromatic rings. The van der Waals surface area contributed by atoms with E-state index in [1.165, 1.54) is 31.6 Å². The summed E-state index contributed by atoms with van der Waals surface area (Å²) in [5.41, 5.74) is -0.806. The van der Waals surface area contributed by atoms with Gasteiger partial charge in [0.2, 0.25) is 0 Å². The lowest BCUT2D eigenvalue weighted by molar-refractivity contribution is -0.212. The van der Waals surface area contributed by atoms with Crippen molar-refractivity contribution in [2.24, 2.45) is 0 Å². The summed E-state index contributed by atoms with van der Waals surface area (Å²) in [7, 11) is 0. The Hall–Kier alpha value is -2.67. The number of aromatic nitrogens is 3. The van der Waals surface area contributed by atoms with Crippen LogP contribution >= 0.6 is 35.0 Å². The number of ketones is 1. The van der Waals surface area contributed by atoms with E-state index in [0.29, 0.717) is 21.4 Å². The Morgan fingerprint density at radius 2 is 1.71 bits per heavy atom. The number of hydrogen-bond donors (Lipinski definition) is 0. The van der Waals surface area contributed by atoms with Crippen molar-refractivity contribution in [3.05, 3.63) is 40.1 Å². The number of esters is 3. The number of thioether (sulfide) groups is 1. The molecule has 5 atom stereocenters. The summed E-state index contributed by atoms with van der Waals surface area (Å²) in [6.45, 7) is 5.24. The molecule has 2 heterocycles. The van der Waals surface area contributed by atoms with Crippen molar-refractivity contribution in [3.63, 3.8) is 0 Å². The molecule has 3 rings (SSSR count). The molecule has 1 aromatic carbocycles. The van der Waals surface area contributed by atoms with Crippen LogP contribution in [0.4, 0.5) is 0 Å². The summed E-state index contributed by atoms with van der Waals surface area (Å²) in [4.78, 5) is 49.0. The van der Waals surface area contributed by atoms with Crippen LogP contribution in [-0.4, -0.2) is 69.0 Å². The molecule has 1 fully saturated rings. The monoisotopic (exact) mass is 587 g/mol. The van der Waals surface area contributed by atoms with E-state index in [9.17, 15) is 19.2 Å². The zero-order valence-corrected chi connectivity index (χ0v) is 23.4. The third-order valence-electron chi connectivity index (χ3n) is 5.39. The maximum absolute atomic E-state index is 12.5. The summed E-state index contributed by atoms with van der Waals surface area (Å²) >= 11 is 13.4. The van der Waals surface area contributed by atoms with Crippen molar-refractivity contribution in [3.8, 4) is 0 Å². The van der Waals surface area contributed by atoms with Gasteiger partial charge in [-0.2, -0.15) is 0 Å². The minimum Gasteiger partial charge on any atom is -0.463 e. The van der Waals surface area contributed by atoms with E-state index in [1.807, 2.05) is 6.92 Å². The second-order valence-electron chi connectivity index (χ2n) is 8.43. The standard InChI is InChI=1S/C24H27Cl2N3O8S/c1-5-6-19(33)18-10-29(28-27-18)21-22(35-13(3)31)20(11-34-12(2)30)37-24(23(21)36-14(4)32)38-15-7-8-16(25)17(26)9-15/h7-10,20-24H,5-6,11H2,1-4H3/t20?,21?,22-,23-,24+/m0/s1. The fourth-order valence-electron chi connectivity index (χ4n) is 3.87. The highest BCUT2D eigenvalue weighted by Gasteiger charge is 2.52. The van der Waals surface area contributed by atoms with Crippen LogP contribution in [0.2, 0.25) is 10.0 Å². The van der Waals surface area contributed by atoms with Crippen LogP contribution in [0.15, 0.2) is 29.3 Å². The molecule has 1 saturated heterocycles. The number of Topliss-reactive ketones (excluding diaryl/α,β-unsaturated/α-hetero) is 1. The van der Waals surface area contributed by atoms with Gasteiger partial charge in [-0.05, 0) is 24.6 Å². The molecule has 0 amide bonds. The van der Waals surface area contributed by atoms with Crippen molar-refractivity contribution in [2.75, 3.05) is 6.61 Å². The normalized spacial score (nSPS) is 22.9. The van der Waals surface area contributed by atoms with Crippen molar-refractivity contribution < 1.29 is 38.1 Å². The fraction of sp³-hybridized carbons (Fsp3) is 0.500. The first-order valence-corrected chi connectivity index (χ1v) is 13.3. The third kappa shape index (κ3) is 7.68. The van der Waals surface area contributed by atoms with Crippen molar-refractivity contribution >= 4 is 58.7 Å². The van der Waals surface area contributed by atoms with Crippen LogP contribution in [0.25, 0.3) is 0 Å². The smallest absolute Gasteiger partial charge is 0.303 e. The van der Waals surface area contributed by atoms with Gasteiger partial charge in [0.25, 0.3) is 0 Å². The second-order valence-corrected chi connectivity index (χ2v) is 10.4. The quantitative estimate of drug-likeness (QED) is 0.226. The lowest BCUT2D eigenvalue weighted by Crippen LogP contribution is -2.57. The molecule has 1 aliphatic rings. The average molecular weight is 588 g/mol. The van der Waals surface area contributed by atoms with Gasteiger partial charge in [-0.25, -0.2) is 4.68 Å². The van der Waals surface area contributed by atoms with Crippen LogP contribution in [-0.2, 0) is 33.3 Å². The predicted molar refractivity (Wildman–Crippen MR) is 137 cm³/mol. The SMILES string of the molecule is CCCC(=O)c1cn(C2[C@@H](OC(C)=O)C(COC(C)=O)O[C@H](Sc3ccc(Cl)c(Cl)c3)[C@H]2OC(C)=O)nn1. The van der Waals surface area contributed by atoms with Crippen LogP contribution in [0.3, 0.4) is 0 Å². The maximum Gasteiger partial charge on any atom is 0.303 e. The molecule has 0 bridgehead atoms. The van der Waals surface area contributed by atoms with Crippen LogP contribution < -0.4 is 0 Å². The summed E-state index contributed by atoms with van der Waals surface area (Å²) in [5, 5.41) is 8.75. The highest BCUT2D eigenvalue weighted by atomic mass is 35.5. The Bertz CT molecular complexity index is 1190. The van der Waals surface area contributed by atoms with Gasteiger partial charge in [-0.1, -0.05) is 47.1 Å². The molecular formula is C24H27Cl2N3O8S. The average Bonchev–Trinajstić information content (AvgIpc) is 3.31. The van der Waals surface area contributed by atoms with E-state index in [2.05, 4.69) is 10.3 Å². The van der Waals surface area contributed by atoms with Crippen molar-refractivity contribution in [1.29, 1.82) is 0 Å². The number of rotatable bonds is 10. The van der Waals surface area contributed by atoms with E-state index in [4.69, 9.17) is 42.1 Å². The molecular weight excluding hydrogens is 561 g/mol. The van der Waals surface area contributed by atoms with Gasteiger partial charge in [0, 0.05) is 32.1 Å². The molecule has 1 aliphatic heterocycles. The lowest BCUT2D eigenvalue weighted by atomic mass is 9.96. The molecule has 0 aliphatic carbocycles. The third-order valence-corrected chi connectivity index (χ3v) is 7.27. The van der Waals surface area contributed by atoms with Crippen LogP contribution in [0.1, 0.15) is 57.1 Å². The Morgan fingerprint density at radius 3 is 2.32 bits per heavy atom. The number of hydrogen-bond acceptors (Lipinski definition) is 11. The molecule has 0 N–H and O–H groups in total. The zero-order valence-electron chi connectivity index (χ0n) is 21.1. The van der Waals surface area contributed by atoms with Gasteiger partial charge < -0.3 is 18.9 Å². The molecule has 0 spiro atoms. The molecule has 2 unspecified atom stereocenters. The van der Waals surface area contributed by atoms with Crippen molar-refractivity contribution in [1.82, 2.24) is 15.0 Å². The van der Waals surface area contributed by atoms with Gasteiger partial charge in [0.15, 0.2) is 18.0 Å². The van der Waals surface area contributed by atoms with E-state index >= 15 is 0 Å². The van der Waals surface area contributed by atoms with E-state index in [0.717, 1.165) is 11.8 Å². The minimum atomic E-state index is -1.13. The van der Waals surface area contributed by atoms with Gasteiger partial charge in [0.05, 0.1) is 16.2 Å². The highest BCUT2D eigenvalue weighted by molar-refractivity contribution is 7.99. The number of nitrogens with zero attached hydrogens (tertiary/aromatic N) is 3. The lowest BCUT2D eigenvalue weighted by Gasteiger charge is -2.44. The van der Waals surface area contributed by atoms with Crippen LogP contribution in [0, 0.1) is 0 Å². The largest absolute Gasteiger partial charge is 0.463 e. The summed E-state index contributed by atoms with van der Waals surface area (Å²) in [6.07, 6.45) is -0.914. The van der Waals surface area contributed by atoms with Gasteiger partial charge >= 0.3 is 17.9 Å². The topological polar surface area (TPSA) is 136 Å². The number of carbonyl (C=O) groups excluding carboxylic acids is 4. The van der Waals surface area contributed by atoms with E-state index < -0.39 is 47.7 Å². The van der Waals surface area contributed by atoms with Crippen molar-refractivity contribution in [2.45, 2.75) is 75.2 Å². The summed E-state index contributed by atoms with van der Waals surface area (Å²) in [6, 6.07) is 3.94. The number of halogens is 2. The fourth-order valence-corrected chi connectivity index (χ4v) is 5.38. The zero-order chi connectivity index (χ0) is 28.0. The van der Waals surface area contributed by atoms with E-state index in [1.54, 1.807) is 18.2 Å². The summed E-state index contributed by atoms with van der Waals surface area (Å²) < 4.78 is 24.0. The summed E-state index contributed by atoms with van der Waals surface area (Å²) in [5.74, 6) is -2.09. The molecule has 206 valence electrons. The molecule has 0 saturated carbocycles. The van der Waals surface area contributed by atoms with Gasteiger partial charge in [0.1, 0.15) is 29.9 Å². The second kappa shape index (κ2) is 13.4. The first kappa shape index (κ1) is 29.9. The number of carbonyl (C=O) groups is 4. The Kier molecular flexibility index (Phi) is 10.5. The van der Waals surface area contributed by atoms with Gasteiger partial charge in [-0.3, -0.25) is 19.2 Å². The van der Waals surface area contributed by atoms with Crippen LogP contribution in [0.5, 0.6) is 0 Å². The first-order valence-electron chi connectivity index (χ1n) is 11.7. The molecule has 0 radical (unpaired) electrons. The first-order chi connectivity index (χ1) is 18.0. The number of ether oxygens (including phenoxy) is 4. The Labute approximate surface area is 233 Å². The molecule has 11 nitrogen and oxygen atoms in total. The Morgan fingerprint density at radius 1 is 1.03 bits per heavy atom. The molecule has 38 heavy (non-hydrogen) atoms. The van der Waals surface area contributed by atoms with Gasteiger partial charge in [-0.15, -0.1) is 5.10 Å².